The Morgan fingerprint density at radius 2 is 2.22 bits per heavy atom. The van der Waals surface area contributed by atoms with Gasteiger partial charge in [0, 0.05) is 17.7 Å². The largest absolute Gasteiger partial charge is 0.366 e. The van der Waals surface area contributed by atoms with E-state index in [1.807, 2.05) is 0 Å². The van der Waals surface area contributed by atoms with E-state index in [1.54, 1.807) is 12.1 Å². The van der Waals surface area contributed by atoms with Crippen LogP contribution in [-0.2, 0) is 6.54 Å². The second-order valence-electron chi connectivity index (χ2n) is 4.93. The number of benzene rings is 1. The van der Waals surface area contributed by atoms with E-state index in [0.717, 1.165) is 12.5 Å². The van der Waals surface area contributed by atoms with Gasteiger partial charge in [0.25, 0.3) is 0 Å². The predicted octanol–water partition coefficient (Wildman–Crippen LogP) is 2.20. The van der Waals surface area contributed by atoms with Crippen LogP contribution in [0.4, 0.5) is 4.39 Å². The van der Waals surface area contributed by atoms with E-state index in [9.17, 15) is 9.18 Å². The fourth-order valence-corrected chi connectivity index (χ4v) is 2.15. The van der Waals surface area contributed by atoms with Crippen LogP contribution in [0.2, 0.25) is 0 Å². The van der Waals surface area contributed by atoms with Crippen molar-refractivity contribution in [2.45, 2.75) is 32.2 Å². The molecule has 1 aromatic rings. The molecule has 98 valence electrons. The number of rotatable bonds is 6. The van der Waals surface area contributed by atoms with Gasteiger partial charge in [-0.05, 0) is 31.0 Å². The second kappa shape index (κ2) is 5.96. The van der Waals surface area contributed by atoms with Crippen molar-refractivity contribution in [3.63, 3.8) is 0 Å². The molecule has 1 fully saturated rings. The fraction of sp³-hybridized carbons (Fsp3) is 0.500. The Bertz CT molecular complexity index is 430. The molecule has 0 unspecified atom stereocenters. The number of primary amides is 1. The summed E-state index contributed by atoms with van der Waals surface area (Å²) in [7, 11) is 0. The number of halogens is 1. The van der Waals surface area contributed by atoms with Gasteiger partial charge in [-0.2, -0.15) is 0 Å². The Hall–Kier alpha value is -1.42. The highest BCUT2D eigenvalue weighted by molar-refractivity contribution is 5.92. The molecule has 1 aromatic carbocycles. The van der Waals surface area contributed by atoms with Gasteiger partial charge < -0.3 is 11.1 Å². The molecule has 0 spiro atoms. The third-order valence-corrected chi connectivity index (χ3v) is 3.61. The van der Waals surface area contributed by atoms with Gasteiger partial charge in [-0.25, -0.2) is 4.39 Å². The van der Waals surface area contributed by atoms with Crippen molar-refractivity contribution < 1.29 is 9.18 Å². The van der Waals surface area contributed by atoms with Crippen LogP contribution in [0.1, 0.15) is 41.6 Å². The van der Waals surface area contributed by atoms with Gasteiger partial charge in [0.2, 0.25) is 5.91 Å². The Morgan fingerprint density at radius 1 is 1.44 bits per heavy atom. The number of hydrogen-bond donors (Lipinski definition) is 2. The molecule has 2 rings (SSSR count). The highest BCUT2D eigenvalue weighted by Crippen LogP contribution is 2.28. The van der Waals surface area contributed by atoms with Crippen molar-refractivity contribution in [3.8, 4) is 0 Å². The van der Waals surface area contributed by atoms with Crippen LogP contribution in [0.5, 0.6) is 0 Å². The van der Waals surface area contributed by atoms with E-state index in [-0.39, 0.29) is 11.4 Å². The number of nitrogens with two attached hydrogens (primary N) is 1. The third kappa shape index (κ3) is 3.29. The first-order chi connectivity index (χ1) is 8.66. The number of hydrogen-bond acceptors (Lipinski definition) is 2. The molecule has 0 atom stereocenters. The van der Waals surface area contributed by atoms with Crippen LogP contribution in [0, 0.1) is 11.7 Å². The van der Waals surface area contributed by atoms with E-state index < -0.39 is 5.91 Å². The van der Waals surface area contributed by atoms with Gasteiger partial charge in [0.05, 0.1) is 0 Å². The molecule has 18 heavy (non-hydrogen) atoms. The molecule has 3 nitrogen and oxygen atoms in total. The fourth-order valence-electron chi connectivity index (χ4n) is 2.15. The van der Waals surface area contributed by atoms with E-state index in [1.165, 1.54) is 31.7 Å². The normalized spacial score (nSPS) is 15.4. The van der Waals surface area contributed by atoms with Gasteiger partial charge in [-0.15, -0.1) is 0 Å². The molecule has 0 radical (unpaired) electrons. The molecular formula is C14H19FN2O. The molecule has 1 saturated carbocycles. The van der Waals surface area contributed by atoms with E-state index in [2.05, 4.69) is 5.32 Å². The summed E-state index contributed by atoms with van der Waals surface area (Å²) in [6.45, 7) is 1.42. The molecule has 0 aromatic heterocycles. The smallest absolute Gasteiger partial charge is 0.248 e. The van der Waals surface area contributed by atoms with Crippen LogP contribution in [0.25, 0.3) is 0 Å². The Kier molecular flexibility index (Phi) is 4.31. The minimum atomic E-state index is -0.599. The second-order valence-corrected chi connectivity index (χ2v) is 4.93. The maximum absolute atomic E-state index is 13.6. The van der Waals surface area contributed by atoms with Gasteiger partial charge in [-0.3, -0.25) is 4.79 Å². The zero-order valence-electron chi connectivity index (χ0n) is 10.4. The molecule has 1 amide bonds. The summed E-state index contributed by atoms with van der Waals surface area (Å²) in [5.74, 6) is -0.111. The van der Waals surface area contributed by atoms with Gasteiger partial charge in [0.15, 0.2) is 0 Å². The average molecular weight is 250 g/mol. The zero-order valence-corrected chi connectivity index (χ0v) is 10.4. The van der Waals surface area contributed by atoms with Gasteiger partial charge in [0.1, 0.15) is 5.82 Å². The zero-order chi connectivity index (χ0) is 13.0. The molecule has 0 saturated heterocycles. The summed E-state index contributed by atoms with van der Waals surface area (Å²) in [4.78, 5) is 10.9. The van der Waals surface area contributed by atoms with Gasteiger partial charge in [-0.1, -0.05) is 25.3 Å². The number of carbonyl (C=O) groups excluding carboxylic acids is 1. The van der Waals surface area contributed by atoms with E-state index in [4.69, 9.17) is 5.73 Å². The quantitative estimate of drug-likeness (QED) is 0.760. The lowest BCUT2D eigenvalue weighted by atomic mass is 9.83. The van der Waals surface area contributed by atoms with Crippen molar-refractivity contribution in [1.29, 1.82) is 0 Å². The summed E-state index contributed by atoms with van der Waals surface area (Å²) in [5, 5.41) is 3.23. The molecule has 1 aliphatic rings. The minimum absolute atomic E-state index is 0.214. The molecule has 0 heterocycles. The summed E-state index contributed by atoms with van der Waals surface area (Å²) in [6.07, 6.45) is 5.20. The van der Waals surface area contributed by atoms with Crippen LogP contribution in [-0.4, -0.2) is 12.5 Å². The van der Waals surface area contributed by atoms with Crippen LogP contribution in [0.15, 0.2) is 18.2 Å². The highest BCUT2D eigenvalue weighted by atomic mass is 19.1. The first-order valence-corrected chi connectivity index (χ1v) is 6.46. The standard InChI is InChI=1S/C14H19FN2O/c15-13-8-11(14(16)18)4-5-12(13)9-17-7-6-10-2-1-3-10/h4-5,8,10,17H,1-3,6-7,9H2,(H2,16,18). The number of carbonyl (C=O) groups is 1. The lowest BCUT2D eigenvalue weighted by molar-refractivity contribution is 0.1000. The topological polar surface area (TPSA) is 55.1 Å². The highest BCUT2D eigenvalue weighted by Gasteiger charge is 2.16. The predicted molar refractivity (Wildman–Crippen MR) is 68.6 cm³/mol. The van der Waals surface area contributed by atoms with Crippen molar-refractivity contribution in [1.82, 2.24) is 5.32 Å². The van der Waals surface area contributed by atoms with Crippen LogP contribution in [0.3, 0.4) is 0 Å². The summed E-state index contributed by atoms with van der Waals surface area (Å²) >= 11 is 0. The van der Waals surface area contributed by atoms with Crippen molar-refractivity contribution in [3.05, 3.63) is 35.1 Å². The Labute approximate surface area is 107 Å². The third-order valence-electron chi connectivity index (χ3n) is 3.61. The summed E-state index contributed by atoms with van der Waals surface area (Å²) in [5.41, 5.74) is 5.88. The number of nitrogens with one attached hydrogen (secondary N) is 1. The van der Waals surface area contributed by atoms with Gasteiger partial charge >= 0.3 is 0 Å². The lowest BCUT2D eigenvalue weighted by Crippen LogP contribution is -2.21. The lowest BCUT2D eigenvalue weighted by Gasteiger charge is -2.25. The maximum atomic E-state index is 13.6. The van der Waals surface area contributed by atoms with Crippen LogP contribution >= 0.6 is 0 Å². The Morgan fingerprint density at radius 3 is 2.78 bits per heavy atom. The first-order valence-electron chi connectivity index (χ1n) is 6.46. The molecule has 0 bridgehead atoms. The molecule has 1 aliphatic carbocycles. The molecule has 4 heteroatoms. The minimum Gasteiger partial charge on any atom is -0.366 e. The van der Waals surface area contributed by atoms with Crippen molar-refractivity contribution in [2.24, 2.45) is 11.7 Å². The monoisotopic (exact) mass is 250 g/mol. The van der Waals surface area contributed by atoms with E-state index in [0.29, 0.717) is 12.1 Å². The Balaban J connectivity index is 1.79. The first kappa shape index (κ1) is 13.0. The molecule has 0 aliphatic heterocycles. The summed E-state index contributed by atoms with van der Waals surface area (Å²) in [6, 6.07) is 4.38. The number of amides is 1. The van der Waals surface area contributed by atoms with Crippen LogP contribution < -0.4 is 11.1 Å². The van der Waals surface area contributed by atoms with Crippen molar-refractivity contribution >= 4 is 5.91 Å². The van der Waals surface area contributed by atoms with Crippen molar-refractivity contribution in [2.75, 3.05) is 6.54 Å². The van der Waals surface area contributed by atoms with E-state index >= 15 is 0 Å². The molecule has 3 N–H and O–H groups in total. The maximum Gasteiger partial charge on any atom is 0.248 e. The summed E-state index contributed by atoms with van der Waals surface area (Å²) < 4.78 is 13.6. The SMILES string of the molecule is NC(=O)c1ccc(CNCCC2CCC2)c(F)c1. The molecular weight excluding hydrogens is 231 g/mol. The average Bonchev–Trinajstić information content (AvgIpc) is 2.28.